The van der Waals surface area contributed by atoms with Crippen LogP contribution in [0.1, 0.15) is 44.6 Å². The van der Waals surface area contributed by atoms with Crippen molar-refractivity contribution >= 4 is 26.8 Å². The van der Waals surface area contributed by atoms with Crippen LogP contribution in [-0.2, 0) is 21.2 Å². The van der Waals surface area contributed by atoms with Gasteiger partial charge in [0, 0.05) is 6.04 Å². The lowest BCUT2D eigenvalue weighted by atomic mass is 9.95. The van der Waals surface area contributed by atoms with Gasteiger partial charge in [0.1, 0.15) is 12.1 Å². The van der Waals surface area contributed by atoms with Crippen LogP contribution in [0.15, 0.2) is 17.2 Å². The molecule has 2 aromatic rings. The summed E-state index contributed by atoms with van der Waals surface area (Å²) in [5.74, 6) is -0.0458. The molecule has 0 bridgehead atoms. The van der Waals surface area contributed by atoms with Gasteiger partial charge in [0.15, 0.2) is 9.84 Å². The van der Waals surface area contributed by atoms with Gasteiger partial charge in [-0.05, 0) is 19.3 Å². The lowest BCUT2D eigenvalue weighted by Gasteiger charge is -2.22. The van der Waals surface area contributed by atoms with Crippen LogP contribution >= 0.6 is 0 Å². The van der Waals surface area contributed by atoms with E-state index in [2.05, 4.69) is 15.4 Å². The molecule has 0 aromatic carbocycles. The number of carbonyl (C=O) groups excluding carboxylic acids is 1. The number of hydrogen-bond acceptors (Lipinski definition) is 6. The van der Waals surface area contributed by atoms with E-state index in [-0.39, 0.29) is 36.0 Å². The van der Waals surface area contributed by atoms with E-state index in [0.717, 1.165) is 25.7 Å². The molecule has 2 aliphatic rings. The molecular formula is C17H23N5O4S. The Morgan fingerprint density at radius 2 is 1.93 bits per heavy atom. The summed E-state index contributed by atoms with van der Waals surface area (Å²) in [4.78, 5) is 28.5. The third-order valence-corrected chi connectivity index (χ3v) is 7.21. The number of sulfone groups is 1. The Hall–Kier alpha value is -2.23. The second-order valence-corrected chi connectivity index (χ2v) is 9.67. The number of nitrogens with zero attached hydrogens (tertiary/aromatic N) is 4. The predicted octanol–water partition coefficient (Wildman–Crippen LogP) is 0.401. The van der Waals surface area contributed by atoms with Gasteiger partial charge in [0.25, 0.3) is 0 Å². The van der Waals surface area contributed by atoms with Crippen molar-refractivity contribution in [3.63, 3.8) is 0 Å². The van der Waals surface area contributed by atoms with E-state index < -0.39 is 15.5 Å². The highest BCUT2D eigenvalue weighted by molar-refractivity contribution is 7.91. The Morgan fingerprint density at radius 1 is 1.15 bits per heavy atom. The van der Waals surface area contributed by atoms with Crippen molar-refractivity contribution in [1.82, 2.24) is 24.6 Å². The van der Waals surface area contributed by atoms with Gasteiger partial charge in [-0.3, -0.25) is 14.0 Å². The molecule has 1 amide bonds. The van der Waals surface area contributed by atoms with Crippen molar-refractivity contribution < 1.29 is 13.2 Å². The summed E-state index contributed by atoms with van der Waals surface area (Å²) in [7, 11) is -3.06. The smallest absolute Gasteiger partial charge is 0.348 e. The highest BCUT2D eigenvalue weighted by Gasteiger charge is 2.31. The molecule has 1 aliphatic carbocycles. The molecule has 0 unspecified atom stereocenters. The maximum Gasteiger partial charge on any atom is 0.348 e. The first kappa shape index (κ1) is 18.1. The molecule has 0 radical (unpaired) electrons. The molecule has 1 N–H and O–H groups in total. The third-order valence-electron chi connectivity index (χ3n) is 5.46. The summed E-state index contributed by atoms with van der Waals surface area (Å²) in [5.41, 5.74) is 0.556. The molecular weight excluding hydrogens is 370 g/mol. The van der Waals surface area contributed by atoms with E-state index in [0.29, 0.717) is 17.5 Å². The van der Waals surface area contributed by atoms with Crippen molar-refractivity contribution in [2.75, 3.05) is 11.5 Å². The number of rotatable bonds is 4. The second kappa shape index (κ2) is 7.06. The Kier molecular flexibility index (Phi) is 4.75. The van der Waals surface area contributed by atoms with Gasteiger partial charge in [0.05, 0.1) is 35.5 Å². The van der Waals surface area contributed by atoms with Gasteiger partial charge >= 0.3 is 5.69 Å². The van der Waals surface area contributed by atoms with Crippen LogP contribution in [0.2, 0.25) is 0 Å². The Balaban J connectivity index is 1.58. The first-order chi connectivity index (χ1) is 12.9. The van der Waals surface area contributed by atoms with Crippen LogP contribution < -0.4 is 11.0 Å². The molecule has 2 aromatic heterocycles. The molecule has 146 valence electrons. The fourth-order valence-electron chi connectivity index (χ4n) is 4.06. The molecule has 1 saturated heterocycles. The maximum atomic E-state index is 12.4. The van der Waals surface area contributed by atoms with Crippen molar-refractivity contribution in [2.45, 2.75) is 57.2 Å². The van der Waals surface area contributed by atoms with Gasteiger partial charge in [-0.25, -0.2) is 13.2 Å². The summed E-state index contributed by atoms with van der Waals surface area (Å²) in [6, 6.07) is -0.100. The fraction of sp³-hybridized carbons (Fsp3) is 0.647. The molecule has 3 heterocycles. The lowest BCUT2D eigenvalue weighted by molar-refractivity contribution is -0.122. The molecule has 1 saturated carbocycles. The minimum absolute atomic E-state index is 0.0328. The molecule has 1 atom stereocenters. The van der Waals surface area contributed by atoms with Crippen LogP contribution in [0.3, 0.4) is 0 Å². The Labute approximate surface area is 156 Å². The van der Waals surface area contributed by atoms with E-state index >= 15 is 0 Å². The average Bonchev–Trinajstić information content (AvgIpc) is 3.21. The number of hydrogen-bond donors (Lipinski definition) is 1. The number of nitrogens with one attached hydrogen (secondary N) is 1. The zero-order valence-electron chi connectivity index (χ0n) is 15.0. The van der Waals surface area contributed by atoms with Gasteiger partial charge < -0.3 is 5.32 Å². The first-order valence-corrected chi connectivity index (χ1v) is 11.2. The predicted molar refractivity (Wildman–Crippen MR) is 99.1 cm³/mol. The van der Waals surface area contributed by atoms with Gasteiger partial charge in [-0.2, -0.15) is 10.1 Å². The van der Waals surface area contributed by atoms with Gasteiger partial charge in [-0.1, -0.05) is 19.3 Å². The van der Waals surface area contributed by atoms with Crippen molar-refractivity contribution in [2.24, 2.45) is 0 Å². The molecule has 0 spiro atoms. The van der Waals surface area contributed by atoms with Crippen LogP contribution in [0.4, 0.5) is 0 Å². The Bertz CT molecular complexity index is 1020. The second-order valence-electron chi connectivity index (χ2n) is 7.45. The monoisotopic (exact) mass is 393 g/mol. The highest BCUT2D eigenvalue weighted by atomic mass is 32.2. The molecule has 10 heteroatoms. The SMILES string of the molecule is O=C(Cn1c(=O)ncc2c1cnn2[C@H]1CCS(=O)(=O)C1)NC1CCCCC1. The normalized spacial score (nSPS) is 22.9. The third kappa shape index (κ3) is 3.76. The molecule has 4 rings (SSSR count). The standard InChI is InChI=1S/C17H23N5O4S/c23-16(20-12-4-2-1-3-5-12)10-21-14-9-19-22(15(14)8-18-17(21)24)13-6-7-27(25,26)11-13/h8-9,12-13H,1-7,10-11H2,(H,20,23)/t13-/m0/s1. The number of carbonyl (C=O) groups is 1. The van der Waals surface area contributed by atoms with E-state index in [1.54, 1.807) is 4.68 Å². The van der Waals surface area contributed by atoms with Crippen molar-refractivity contribution in [3.8, 4) is 0 Å². The van der Waals surface area contributed by atoms with Gasteiger partial charge in [-0.15, -0.1) is 0 Å². The average molecular weight is 393 g/mol. The summed E-state index contributed by atoms with van der Waals surface area (Å²) in [5, 5.41) is 7.29. The summed E-state index contributed by atoms with van der Waals surface area (Å²) in [6.07, 6.45) is 8.76. The highest BCUT2D eigenvalue weighted by Crippen LogP contribution is 2.26. The minimum Gasteiger partial charge on any atom is -0.352 e. The maximum absolute atomic E-state index is 12.4. The van der Waals surface area contributed by atoms with Crippen molar-refractivity contribution in [1.29, 1.82) is 0 Å². The molecule has 27 heavy (non-hydrogen) atoms. The minimum atomic E-state index is -3.06. The quantitative estimate of drug-likeness (QED) is 0.804. The largest absolute Gasteiger partial charge is 0.352 e. The summed E-state index contributed by atoms with van der Waals surface area (Å²) < 4.78 is 26.4. The lowest BCUT2D eigenvalue weighted by Crippen LogP contribution is -2.40. The number of amides is 1. The molecule has 2 fully saturated rings. The zero-order chi connectivity index (χ0) is 19.0. The van der Waals surface area contributed by atoms with E-state index in [9.17, 15) is 18.0 Å². The summed E-state index contributed by atoms with van der Waals surface area (Å²) >= 11 is 0. The van der Waals surface area contributed by atoms with Crippen LogP contribution in [0.25, 0.3) is 11.0 Å². The number of aromatic nitrogens is 4. The zero-order valence-corrected chi connectivity index (χ0v) is 15.8. The van der Waals surface area contributed by atoms with Crippen molar-refractivity contribution in [3.05, 3.63) is 22.9 Å². The van der Waals surface area contributed by atoms with E-state index in [1.807, 2.05) is 0 Å². The molecule has 1 aliphatic heterocycles. The van der Waals surface area contributed by atoms with E-state index in [1.165, 1.54) is 23.4 Å². The van der Waals surface area contributed by atoms with Crippen LogP contribution in [-0.4, -0.2) is 51.2 Å². The van der Waals surface area contributed by atoms with Crippen LogP contribution in [0, 0.1) is 0 Å². The first-order valence-electron chi connectivity index (χ1n) is 9.36. The van der Waals surface area contributed by atoms with E-state index in [4.69, 9.17) is 0 Å². The fourth-order valence-corrected chi connectivity index (χ4v) is 5.75. The number of fused-ring (bicyclic) bond motifs is 1. The topological polar surface area (TPSA) is 116 Å². The Morgan fingerprint density at radius 3 is 2.63 bits per heavy atom. The van der Waals surface area contributed by atoms with Gasteiger partial charge in [0.2, 0.25) is 5.91 Å². The summed E-state index contributed by atoms with van der Waals surface area (Å²) in [6.45, 7) is -0.117. The van der Waals surface area contributed by atoms with Crippen LogP contribution in [0.5, 0.6) is 0 Å². The molecule has 9 nitrogen and oxygen atoms in total.